The predicted molar refractivity (Wildman–Crippen MR) is 250 cm³/mol. The Hall–Kier alpha value is -5.97. The zero-order chi connectivity index (χ0) is 44.7. The lowest BCUT2D eigenvalue weighted by Gasteiger charge is -2.43. The molecule has 8 rings (SSSR count). The van der Waals surface area contributed by atoms with Gasteiger partial charge in [0, 0.05) is 83.1 Å². The van der Waals surface area contributed by atoms with Gasteiger partial charge >= 0.3 is 0 Å². The molecule has 64 heavy (non-hydrogen) atoms. The lowest BCUT2D eigenvalue weighted by molar-refractivity contribution is -0.135. The fourth-order valence-corrected chi connectivity index (χ4v) is 9.35. The Morgan fingerprint density at radius 3 is 2.31 bits per heavy atom. The van der Waals surface area contributed by atoms with Gasteiger partial charge in [-0.15, -0.1) is 0 Å². The third-order valence-electron chi connectivity index (χ3n) is 13.1. The second kappa shape index (κ2) is 20.2. The number of likely N-dealkylation sites (tertiary alicyclic amines) is 1. The minimum Gasteiger partial charge on any atom is -0.494 e. The van der Waals surface area contributed by atoms with Crippen molar-refractivity contribution in [1.29, 1.82) is 0 Å². The minimum atomic E-state index is -0.392. The van der Waals surface area contributed by atoms with Crippen LogP contribution in [0.5, 0.6) is 5.75 Å². The van der Waals surface area contributed by atoms with Crippen LogP contribution in [-0.4, -0.2) is 133 Å². The van der Waals surface area contributed by atoms with Gasteiger partial charge in [0.1, 0.15) is 16.8 Å². The van der Waals surface area contributed by atoms with Gasteiger partial charge in [-0.1, -0.05) is 35.9 Å². The van der Waals surface area contributed by atoms with E-state index in [1.807, 2.05) is 48.5 Å². The highest BCUT2D eigenvalue weighted by Gasteiger charge is 2.31. The normalized spacial score (nSPS) is 19.2. The molecule has 1 atom stereocenters. The van der Waals surface area contributed by atoms with Crippen molar-refractivity contribution in [1.82, 2.24) is 30.0 Å². The number of aromatic nitrogens is 2. The maximum atomic E-state index is 13.4. The number of piperidine rings is 3. The largest absolute Gasteiger partial charge is 0.494 e. The molecule has 1 unspecified atom stereocenters. The number of anilines is 7. The highest BCUT2D eigenvalue weighted by atomic mass is 35.5. The number of amides is 4. The SMILES string of the molecule is COc1cc(N2CCC(N3CCN(C(=O)CN4CCC(c5ccc(NC6CCC(=O)NC6=O)cc5)CC4)CC3)CC2)ccc1Nc1ncc(Cl)c(Nc2ccccc2N(C)C(C)=O)n1. The first-order chi connectivity index (χ1) is 31.0. The minimum absolute atomic E-state index is 0.0973. The Morgan fingerprint density at radius 1 is 0.875 bits per heavy atom. The first kappa shape index (κ1) is 44.6. The molecule has 4 fully saturated rings. The molecule has 0 radical (unpaired) electrons. The number of piperazine rings is 1. The molecule has 3 aromatic carbocycles. The van der Waals surface area contributed by atoms with Gasteiger partial charge < -0.3 is 35.4 Å². The first-order valence-corrected chi connectivity index (χ1v) is 22.7. The molecule has 338 valence electrons. The van der Waals surface area contributed by atoms with E-state index in [1.165, 1.54) is 18.7 Å². The summed E-state index contributed by atoms with van der Waals surface area (Å²) in [5.41, 5.74) is 5.33. The van der Waals surface area contributed by atoms with Crippen molar-refractivity contribution in [2.45, 2.75) is 63.5 Å². The number of benzene rings is 3. The van der Waals surface area contributed by atoms with Crippen LogP contribution in [0, 0.1) is 0 Å². The van der Waals surface area contributed by atoms with Crippen LogP contribution >= 0.6 is 11.6 Å². The fourth-order valence-electron chi connectivity index (χ4n) is 9.21. The molecule has 4 aliphatic rings. The van der Waals surface area contributed by atoms with Crippen molar-refractivity contribution in [2.24, 2.45) is 0 Å². The smallest absolute Gasteiger partial charge is 0.249 e. The van der Waals surface area contributed by atoms with Gasteiger partial charge in [0.05, 0.1) is 36.9 Å². The van der Waals surface area contributed by atoms with Crippen LogP contribution in [0.15, 0.2) is 72.9 Å². The molecular formula is C47H58ClN11O5. The monoisotopic (exact) mass is 891 g/mol. The van der Waals surface area contributed by atoms with E-state index in [9.17, 15) is 19.2 Å². The molecule has 5 heterocycles. The van der Waals surface area contributed by atoms with E-state index >= 15 is 0 Å². The number of carbonyl (C=O) groups is 4. The third kappa shape index (κ3) is 10.7. The van der Waals surface area contributed by atoms with Gasteiger partial charge in [-0.2, -0.15) is 4.98 Å². The maximum Gasteiger partial charge on any atom is 0.249 e. The number of hydrogen-bond donors (Lipinski definition) is 4. The van der Waals surface area contributed by atoms with Crippen LogP contribution in [0.25, 0.3) is 0 Å². The fraction of sp³-hybridized carbons (Fsp3) is 0.447. The summed E-state index contributed by atoms with van der Waals surface area (Å²) in [7, 11) is 3.36. The van der Waals surface area contributed by atoms with E-state index in [0.29, 0.717) is 70.9 Å². The second-order valence-electron chi connectivity index (χ2n) is 17.1. The number of nitrogens with zero attached hydrogens (tertiary/aromatic N) is 7. The highest BCUT2D eigenvalue weighted by molar-refractivity contribution is 6.33. The average Bonchev–Trinajstić information content (AvgIpc) is 3.31. The van der Waals surface area contributed by atoms with E-state index in [2.05, 4.69) is 69.0 Å². The molecule has 0 saturated carbocycles. The van der Waals surface area contributed by atoms with E-state index in [-0.39, 0.29) is 23.6 Å². The van der Waals surface area contributed by atoms with Crippen molar-refractivity contribution in [3.63, 3.8) is 0 Å². The summed E-state index contributed by atoms with van der Waals surface area (Å²) in [6.45, 7) is 8.94. The molecule has 0 bridgehead atoms. The summed E-state index contributed by atoms with van der Waals surface area (Å²) in [5, 5.41) is 12.5. The number of halogens is 1. The summed E-state index contributed by atoms with van der Waals surface area (Å²) in [4.78, 5) is 69.0. The van der Waals surface area contributed by atoms with Gasteiger partial charge in [-0.05, 0) is 93.1 Å². The number of carbonyl (C=O) groups excluding carboxylic acids is 4. The zero-order valence-corrected chi connectivity index (χ0v) is 37.6. The van der Waals surface area contributed by atoms with Crippen molar-refractivity contribution < 1.29 is 23.9 Å². The Bertz CT molecular complexity index is 2310. The van der Waals surface area contributed by atoms with Crippen LogP contribution < -0.4 is 35.8 Å². The summed E-state index contributed by atoms with van der Waals surface area (Å²) in [6, 6.07) is 21.9. The number of ether oxygens (including phenoxy) is 1. The number of nitrogens with one attached hydrogen (secondary N) is 4. The van der Waals surface area contributed by atoms with Crippen LogP contribution in [0.1, 0.15) is 56.9 Å². The van der Waals surface area contributed by atoms with Crippen LogP contribution in [0.4, 0.5) is 40.2 Å². The lowest BCUT2D eigenvalue weighted by Crippen LogP contribution is -2.55. The first-order valence-electron chi connectivity index (χ1n) is 22.3. The van der Waals surface area contributed by atoms with Gasteiger partial charge in [-0.3, -0.25) is 34.3 Å². The van der Waals surface area contributed by atoms with Crippen molar-refractivity contribution in [3.8, 4) is 5.75 Å². The van der Waals surface area contributed by atoms with Crippen LogP contribution in [-0.2, 0) is 19.2 Å². The molecule has 0 spiro atoms. The molecule has 17 heteroatoms. The van der Waals surface area contributed by atoms with Gasteiger partial charge in [0.2, 0.25) is 29.6 Å². The molecule has 4 aromatic rings. The number of para-hydroxylation sites is 2. The summed E-state index contributed by atoms with van der Waals surface area (Å²) in [6.07, 6.45) is 6.48. The lowest BCUT2D eigenvalue weighted by atomic mass is 9.89. The van der Waals surface area contributed by atoms with Gasteiger partial charge in [0.15, 0.2) is 5.82 Å². The molecule has 0 aliphatic carbocycles. The van der Waals surface area contributed by atoms with Gasteiger partial charge in [-0.25, -0.2) is 4.98 Å². The Labute approximate surface area is 379 Å². The topological polar surface area (TPSA) is 168 Å². The van der Waals surface area contributed by atoms with E-state index < -0.39 is 6.04 Å². The summed E-state index contributed by atoms with van der Waals surface area (Å²) < 4.78 is 5.82. The van der Waals surface area contributed by atoms with Gasteiger partial charge in [0.25, 0.3) is 0 Å². The van der Waals surface area contributed by atoms with E-state index in [4.69, 9.17) is 16.3 Å². The van der Waals surface area contributed by atoms with E-state index in [1.54, 1.807) is 19.1 Å². The number of methoxy groups -OCH3 is 1. The zero-order valence-electron chi connectivity index (χ0n) is 36.8. The average molecular weight is 893 g/mol. The van der Waals surface area contributed by atoms with E-state index in [0.717, 1.165) is 89.4 Å². The molecule has 1 aromatic heterocycles. The number of hydrogen-bond acceptors (Lipinski definition) is 13. The third-order valence-corrected chi connectivity index (χ3v) is 13.4. The standard InChI is InChI=1S/C47H58ClN11O5/c1-31(60)55(2)41-7-5-4-6-38(41)51-45-37(48)29-49-47(54-45)52-39-13-12-36(28-42(39)64-3)57-22-18-35(19-23-57)58-24-26-59(27-25-58)44(62)30-56-20-16-33(17-21-56)32-8-10-34(11-9-32)50-40-14-15-43(61)53-46(40)63/h4-13,28-29,33,35,40,50H,14-27,30H2,1-3H3,(H,53,61,63)(H2,49,51,52,54). The highest BCUT2D eigenvalue weighted by Crippen LogP contribution is 2.35. The van der Waals surface area contributed by atoms with Crippen molar-refractivity contribution in [3.05, 3.63) is 83.5 Å². The Morgan fingerprint density at radius 2 is 1.61 bits per heavy atom. The van der Waals surface area contributed by atoms with Crippen molar-refractivity contribution in [2.75, 3.05) is 98.8 Å². The quantitative estimate of drug-likeness (QED) is 0.119. The van der Waals surface area contributed by atoms with Crippen molar-refractivity contribution >= 4 is 75.4 Å². The Kier molecular flexibility index (Phi) is 14.1. The summed E-state index contributed by atoms with van der Waals surface area (Å²) >= 11 is 6.50. The molecule has 4 amide bonds. The maximum absolute atomic E-state index is 13.4. The summed E-state index contributed by atoms with van der Waals surface area (Å²) in [5.74, 6) is 1.48. The van der Waals surface area contributed by atoms with Crippen LogP contribution in [0.2, 0.25) is 5.02 Å². The number of rotatable bonds is 13. The number of imide groups is 1. The molecule has 4 N–H and O–H groups in total. The van der Waals surface area contributed by atoms with Crippen LogP contribution in [0.3, 0.4) is 0 Å². The molecule has 4 saturated heterocycles. The Balaban J connectivity index is 0.766. The molecule has 16 nitrogen and oxygen atoms in total. The predicted octanol–water partition coefficient (Wildman–Crippen LogP) is 5.82. The molecule has 4 aliphatic heterocycles. The molecular weight excluding hydrogens is 834 g/mol. The second-order valence-corrected chi connectivity index (χ2v) is 17.5.